The Morgan fingerprint density at radius 1 is 1.35 bits per heavy atom. The first-order chi connectivity index (χ1) is 9.71. The Labute approximate surface area is 119 Å². The Hall–Kier alpha value is -1.57. The van der Waals surface area contributed by atoms with Crippen LogP contribution in [0.5, 0.6) is 5.75 Å². The van der Waals surface area contributed by atoms with Crippen LogP contribution in [0.1, 0.15) is 37.3 Å². The molecule has 0 N–H and O–H groups in total. The smallest absolute Gasteiger partial charge is 0.156 e. The molecule has 1 saturated carbocycles. The molecule has 4 rings (SSSR count). The van der Waals surface area contributed by atoms with Crippen molar-refractivity contribution in [2.24, 2.45) is 11.8 Å². The molecule has 0 heterocycles. The molecular weight excluding hydrogens is 248 g/mol. The molecule has 1 spiro atoms. The van der Waals surface area contributed by atoms with Crippen LogP contribution in [0.3, 0.4) is 0 Å². The lowest BCUT2D eigenvalue weighted by molar-refractivity contribution is -0.116. The van der Waals surface area contributed by atoms with Gasteiger partial charge in [0, 0.05) is 11.8 Å². The van der Waals surface area contributed by atoms with Gasteiger partial charge >= 0.3 is 0 Å². The van der Waals surface area contributed by atoms with Crippen LogP contribution in [0.15, 0.2) is 29.8 Å². The molecule has 3 unspecified atom stereocenters. The van der Waals surface area contributed by atoms with Crippen molar-refractivity contribution in [3.63, 3.8) is 0 Å². The summed E-state index contributed by atoms with van der Waals surface area (Å²) < 4.78 is 5.35. The summed E-state index contributed by atoms with van der Waals surface area (Å²) >= 11 is 0. The maximum Gasteiger partial charge on any atom is 0.156 e. The third-order valence-electron chi connectivity index (χ3n) is 5.55. The molecule has 3 aliphatic carbocycles. The third-order valence-corrected chi connectivity index (χ3v) is 5.55. The number of benzene rings is 1. The number of carbonyl (C=O) groups excluding carboxylic acids is 1. The van der Waals surface area contributed by atoms with Crippen molar-refractivity contribution < 1.29 is 9.53 Å². The highest BCUT2D eigenvalue weighted by Gasteiger charge is 2.69. The second-order valence-electron chi connectivity index (χ2n) is 6.40. The predicted octanol–water partition coefficient (Wildman–Crippen LogP) is 3.43. The van der Waals surface area contributed by atoms with Crippen LogP contribution in [-0.2, 0) is 16.6 Å². The van der Waals surface area contributed by atoms with Crippen LogP contribution in [0, 0.1) is 11.8 Å². The predicted molar refractivity (Wildman–Crippen MR) is 78.0 cm³/mol. The summed E-state index contributed by atoms with van der Waals surface area (Å²) in [5, 5.41) is 0. The summed E-state index contributed by atoms with van der Waals surface area (Å²) in [4.78, 5) is 11.9. The van der Waals surface area contributed by atoms with Gasteiger partial charge in [0.05, 0.1) is 7.11 Å². The normalized spacial score (nSPS) is 33.1. The van der Waals surface area contributed by atoms with E-state index < -0.39 is 0 Å². The highest BCUT2D eigenvalue weighted by Crippen LogP contribution is 2.72. The molecule has 0 bridgehead atoms. The van der Waals surface area contributed by atoms with E-state index >= 15 is 0 Å². The maximum absolute atomic E-state index is 11.9. The molecular formula is C18H20O2. The van der Waals surface area contributed by atoms with Gasteiger partial charge in [-0.05, 0) is 54.0 Å². The van der Waals surface area contributed by atoms with E-state index in [1.807, 2.05) is 6.08 Å². The van der Waals surface area contributed by atoms with E-state index in [-0.39, 0.29) is 5.41 Å². The molecule has 0 aromatic heterocycles. The highest BCUT2D eigenvalue weighted by atomic mass is 16.5. The number of fused-ring (bicyclic) bond motifs is 2. The van der Waals surface area contributed by atoms with Crippen LogP contribution < -0.4 is 4.74 Å². The summed E-state index contributed by atoms with van der Waals surface area (Å²) in [6.45, 7) is 2.22. The minimum absolute atomic E-state index is 0.214. The molecule has 0 radical (unpaired) electrons. The Kier molecular flexibility index (Phi) is 2.42. The summed E-state index contributed by atoms with van der Waals surface area (Å²) in [5.41, 5.74) is 4.54. The third kappa shape index (κ3) is 1.32. The number of carbonyl (C=O) groups is 1. The van der Waals surface area contributed by atoms with Gasteiger partial charge in [0.1, 0.15) is 5.75 Å². The summed E-state index contributed by atoms with van der Waals surface area (Å²) in [6.07, 6.45) is 6.09. The number of ether oxygens (including phenoxy) is 1. The van der Waals surface area contributed by atoms with Crippen molar-refractivity contribution >= 4 is 5.78 Å². The van der Waals surface area contributed by atoms with E-state index in [1.54, 1.807) is 7.11 Å². The first-order valence-corrected chi connectivity index (χ1v) is 7.64. The molecule has 104 valence electrons. The highest BCUT2D eigenvalue weighted by molar-refractivity contribution is 5.95. The zero-order chi connectivity index (χ0) is 13.9. The second-order valence-corrected chi connectivity index (χ2v) is 6.40. The van der Waals surface area contributed by atoms with Crippen LogP contribution in [-0.4, -0.2) is 12.9 Å². The second kappa shape index (κ2) is 3.97. The molecule has 2 nitrogen and oxygen atoms in total. The fourth-order valence-corrected chi connectivity index (χ4v) is 4.82. The average molecular weight is 268 g/mol. The summed E-state index contributed by atoms with van der Waals surface area (Å²) in [7, 11) is 1.72. The molecule has 0 saturated heterocycles. The molecule has 1 fully saturated rings. The average Bonchev–Trinajstić information content (AvgIpc) is 2.94. The number of ketones is 1. The van der Waals surface area contributed by atoms with Crippen LogP contribution in [0.25, 0.3) is 0 Å². The molecule has 3 aliphatic rings. The zero-order valence-corrected chi connectivity index (χ0v) is 12.1. The first kappa shape index (κ1) is 12.2. The van der Waals surface area contributed by atoms with Crippen molar-refractivity contribution in [2.75, 3.05) is 7.11 Å². The van der Waals surface area contributed by atoms with E-state index in [4.69, 9.17) is 4.74 Å². The lowest BCUT2D eigenvalue weighted by atomic mass is 9.74. The number of hydrogen-bond donors (Lipinski definition) is 0. The van der Waals surface area contributed by atoms with Crippen molar-refractivity contribution in [1.82, 2.24) is 0 Å². The lowest BCUT2D eigenvalue weighted by Gasteiger charge is -2.28. The molecule has 1 aromatic carbocycles. The molecule has 0 aliphatic heterocycles. The van der Waals surface area contributed by atoms with Gasteiger partial charge in [-0.1, -0.05) is 25.0 Å². The standard InChI is InChI=1S/C18H20O2/c1-3-4-12-9-13(19)10-17-16-8-11-7-14(20-2)5-6-15(11)18(12,16)17/h5-7,10,12,16H,3-4,8-9H2,1-2H3. The number of methoxy groups -OCH3 is 1. The maximum atomic E-state index is 11.9. The minimum atomic E-state index is 0.214. The first-order valence-electron chi connectivity index (χ1n) is 7.64. The largest absolute Gasteiger partial charge is 0.497 e. The van der Waals surface area contributed by atoms with E-state index in [0.717, 1.165) is 31.4 Å². The van der Waals surface area contributed by atoms with E-state index in [0.29, 0.717) is 17.6 Å². The summed E-state index contributed by atoms with van der Waals surface area (Å²) in [5.74, 6) is 2.40. The fraction of sp³-hybridized carbons (Fsp3) is 0.500. The van der Waals surface area contributed by atoms with Gasteiger partial charge < -0.3 is 4.74 Å². The topological polar surface area (TPSA) is 26.3 Å². The van der Waals surface area contributed by atoms with Crippen molar-refractivity contribution in [2.45, 2.75) is 38.0 Å². The monoisotopic (exact) mass is 268 g/mol. The van der Waals surface area contributed by atoms with Gasteiger partial charge in [-0.25, -0.2) is 0 Å². The molecule has 0 amide bonds. The molecule has 2 heteroatoms. The number of hydrogen-bond acceptors (Lipinski definition) is 2. The van der Waals surface area contributed by atoms with Gasteiger partial charge in [-0.2, -0.15) is 0 Å². The van der Waals surface area contributed by atoms with Gasteiger partial charge in [-0.15, -0.1) is 0 Å². The van der Waals surface area contributed by atoms with Gasteiger partial charge in [0.15, 0.2) is 5.78 Å². The van der Waals surface area contributed by atoms with Crippen molar-refractivity contribution in [3.05, 3.63) is 41.0 Å². The Balaban J connectivity index is 1.83. The van der Waals surface area contributed by atoms with Crippen LogP contribution >= 0.6 is 0 Å². The molecule has 20 heavy (non-hydrogen) atoms. The Morgan fingerprint density at radius 3 is 2.95 bits per heavy atom. The van der Waals surface area contributed by atoms with Crippen LogP contribution in [0.4, 0.5) is 0 Å². The van der Waals surface area contributed by atoms with Crippen molar-refractivity contribution in [3.8, 4) is 5.75 Å². The van der Waals surface area contributed by atoms with Gasteiger partial charge in [0.25, 0.3) is 0 Å². The van der Waals surface area contributed by atoms with Gasteiger partial charge in [0.2, 0.25) is 0 Å². The van der Waals surface area contributed by atoms with Crippen molar-refractivity contribution in [1.29, 1.82) is 0 Å². The molecule has 3 atom stereocenters. The van der Waals surface area contributed by atoms with E-state index in [2.05, 4.69) is 25.1 Å². The van der Waals surface area contributed by atoms with E-state index in [1.165, 1.54) is 16.7 Å². The Bertz CT molecular complexity index is 628. The fourth-order valence-electron chi connectivity index (χ4n) is 4.82. The van der Waals surface area contributed by atoms with Crippen LogP contribution in [0.2, 0.25) is 0 Å². The quantitative estimate of drug-likeness (QED) is 0.839. The van der Waals surface area contributed by atoms with Gasteiger partial charge in [-0.3, -0.25) is 4.79 Å². The Morgan fingerprint density at radius 2 is 2.20 bits per heavy atom. The SMILES string of the molecule is CCCC1CC(=O)C=C2C3Cc4cc(OC)ccc4C213. The molecule has 1 aromatic rings. The summed E-state index contributed by atoms with van der Waals surface area (Å²) in [6, 6.07) is 6.51. The number of rotatable bonds is 3. The van der Waals surface area contributed by atoms with E-state index in [9.17, 15) is 4.79 Å². The minimum Gasteiger partial charge on any atom is -0.497 e. The lowest BCUT2D eigenvalue weighted by Crippen LogP contribution is -2.26. The zero-order valence-electron chi connectivity index (χ0n) is 12.1. The number of allylic oxidation sites excluding steroid dienone is 2.